The Morgan fingerprint density at radius 2 is 1.56 bits per heavy atom. The number of hydrogen-bond donors (Lipinski definition) is 2. The topological polar surface area (TPSA) is 101 Å². The molecule has 7 rings (SSSR count). The van der Waals surface area contributed by atoms with E-state index in [1.54, 1.807) is 0 Å². The lowest BCUT2D eigenvalue weighted by atomic mass is 9.62. The first-order valence-corrected chi connectivity index (χ1v) is 10.7. The first-order valence-electron chi connectivity index (χ1n) is 10.7. The molecule has 7 fully saturated rings. The Hall–Kier alpha value is -0.570. The van der Waals surface area contributed by atoms with Crippen molar-refractivity contribution in [2.24, 2.45) is 11.8 Å². The summed E-state index contributed by atoms with van der Waals surface area (Å²) in [5.74, 6) is -0.519. The lowest BCUT2D eigenvalue weighted by Gasteiger charge is -2.57. The highest BCUT2D eigenvalue weighted by Crippen LogP contribution is 2.73. The van der Waals surface area contributed by atoms with Gasteiger partial charge in [0, 0.05) is 5.92 Å². The molecule has 0 aromatic rings. The molecule has 148 valence electrons. The molecule has 2 N–H and O–H groups in total. The van der Waals surface area contributed by atoms with Gasteiger partial charge in [-0.25, -0.2) is 0 Å². The Labute approximate surface area is 157 Å². The number of carbonyl (C=O) groups excluding carboxylic acids is 1. The SMILES string of the molecule is O=C1C2OC2C2(OC3CCCC4CCCC(O2)C43)C23OC12C(O)CCC3O. The summed E-state index contributed by atoms with van der Waals surface area (Å²) in [5.41, 5.74) is -2.76. The summed E-state index contributed by atoms with van der Waals surface area (Å²) < 4.78 is 25.2. The van der Waals surface area contributed by atoms with Crippen molar-refractivity contribution >= 4 is 5.78 Å². The molecular weight excluding hydrogens is 352 g/mol. The third-order valence-corrected chi connectivity index (χ3v) is 8.68. The Kier molecular flexibility index (Phi) is 2.87. The van der Waals surface area contributed by atoms with Gasteiger partial charge in [0.1, 0.15) is 6.10 Å². The zero-order chi connectivity index (χ0) is 18.2. The number of ketones is 1. The van der Waals surface area contributed by atoms with Gasteiger partial charge in [0.05, 0.1) is 24.4 Å². The van der Waals surface area contributed by atoms with Crippen LogP contribution < -0.4 is 0 Å². The van der Waals surface area contributed by atoms with Crippen LogP contribution in [0.3, 0.4) is 0 Å². The van der Waals surface area contributed by atoms with E-state index in [1.807, 2.05) is 0 Å². The van der Waals surface area contributed by atoms with E-state index in [4.69, 9.17) is 18.9 Å². The maximum absolute atomic E-state index is 13.0. The van der Waals surface area contributed by atoms with E-state index in [0.29, 0.717) is 24.7 Å². The van der Waals surface area contributed by atoms with E-state index in [-0.39, 0.29) is 18.0 Å². The van der Waals surface area contributed by atoms with Crippen molar-refractivity contribution in [1.29, 1.82) is 0 Å². The van der Waals surface area contributed by atoms with E-state index in [1.165, 1.54) is 12.8 Å². The van der Waals surface area contributed by atoms with E-state index in [0.717, 1.165) is 25.7 Å². The van der Waals surface area contributed by atoms with Crippen LogP contribution in [0.25, 0.3) is 0 Å². The number of carbonyl (C=O) groups is 1. The fourth-order valence-corrected chi connectivity index (χ4v) is 7.55. The average Bonchev–Trinajstić information content (AvgIpc) is 3.57. The summed E-state index contributed by atoms with van der Waals surface area (Å²) in [5, 5.41) is 21.7. The largest absolute Gasteiger partial charge is 0.390 e. The highest BCUT2D eigenvalue weighted by molar-refractivity contribution is 6.01. The molecule has 3 heterocycles. The van der Waals surface area contributed by atoms with Crippen LogP contribution in [0.1, 0.15) is 51.4 Å². The van der Waals surface area contributed by atoms with Crippen molar-refractivity contribution in [2.75, 3.05) is 0 Å². The first-order chi connectivity index (χ1) is 13.1. The van der Waals surface area contributed by atoms with Crippen molar-refractivity contribution in [3.8, 4) is 0 Å². The summed E-state index contributed by atoms with van der Waals surface area (Å²) in [6.07, 6.45) is 4.39. The second-order valence-corrected chi connectivity index (χ2v) is 9.70. The average molecular weight is 378 g/mol. The predicted molar refractivity (Wildman–Crippen MR) is 88.6 cm³/mol. The van der Waals surface area contributed by atoms with Gasteiger partial charge in [0.2, 0.25) is 11.6 Å². The molecule has 4 saturated carbocycles. The molecule has 0 amide bonds. The van der Waals surface area contributed by atoms with Gasteiger partial charge in [-0.15, -0.1) is 0 Å². The third kappa shape index (κ3) is 1.57. The summed E-state index contributed by atoms with van der Waals surface area (Å²) >= 11 is 0. The van der Waals surface area contributed by atoms with Gasteiger partial charge in [-0.05, 0) is 44.4 Å². The van der Waals surface area contributed by atoms with Crippen LogP contribution in [0.5, 0.6) is 0 Å². The number of rotatable bonds is 0. The Bertz CT molecular complexity index is 705. The highest BCUT2D eigenvalue weighted by Gasteiger charge is 2.98. The molecule has 0 aromatic heterocycles. The van der Waals surface area contributed by atoms with Crippen LogP contribution >= 0.6 is 0 Å². The number of Topliss-reactive ketones (excluding diaryl/α,β-unsaturated/α-hetero) is 1. The highest BCUT2D eigenvalue weighted by atomic mass is 16.8. The van der Waals surface area contributed by atoms with Gasteiger partial charge in [-0.3, -0.25) is 4.79 Å². The molecule has 7 nitrogen and oxygen atoms in total. The fraction of sp³-hybridized carbons (Fsp3) is 0.950. The zero-order valence-corrected chi connectivity index (χ0v) is 15.2. The van der Waals surface area contributed by atoms with Crippen LogP contribution in [0, 0.1) is 11.8 Å². The minimum absolute atomic E-state index is 0.0448. The summed E-state index contributed by atoms with van der Waals surface area (Å²) in [4.78, 5) is 13.0. The number of hydrogen-bond acceptors (Lipinski definition) is 7. The van der Waals surface area contributed by atoms with Crippen molar-refractivity contribution in [3.05, 3.63) is 0 Å². The maximum Gasteiger partial charge on any atom is 0.234 e. The molecule has 0 bridgehead atoms. The molecule has 8 atom stereocenters. The number of aliphatic hydroxyl groups is 2. The zero-order valence-electron chi connectivity index (χ0n) is 15.2. The molecule has 0 radical (unpaired) electrons. The first kappa shape index (κ1) is 16.3. The monoisotopic (exact) mass is 378 g/mol. The molecule has 3 saturated heterocycles. The van der Waals surface area contributed by atoms with Gasteiger partial charge in [0.15, 0.2) is 17.3 Å². The van der Waals surface area contributed by atoms with Crippen LogP contribution in [0.2, 0.25) is 0 Å². The van der Waals surface area contributed by atoms with Crippen molar-refractivity contribution in [1.82, 2.24) is 0 Å². The summed E-state index contributed by atoms with van der Waals surface area (Å²) in [6, 6.07) is 0. The molecule has 27 heavy (non-hydrogen) atoms. The normalized spacial score (nSPS) is 65.6. The fourth-order valence-electron chi connectivity index (χ4n) is 7.55. The van der Waals surface area contributed by atoms with Gasteiger partial charge in [-0.1, -0.05) is 12.8 Å². The lowest BCUT2D eigenvalue weighted by Crippen LogP contribution is -2.75. The van der Waals surface area contributed by atoms with Crippen LogP contribution in [0.15, 0.2) is 0 Å². The quantitative estimate of drug-likeness (QED) is 0.590. The standard InChI is InChI=1S/C20H26O7/c21-12-7-8-13(22)19-18(12,27-19)16(23)15-17(24-15)20(19)25-10-5-1-3-9-4-2-6-11(26-20)14(9)10/h9-15,17,21-22H,1-8H2. The Balaban J connectivity index is 1.37. The molecule has 1 spiro atoms. The summed E-state index contributed by atoms with van der Waals surface area (Å²) in [6.45, 7) is 0. The molecule has 0 aromatic carbocycles. The van der Waals surface area contributed by atoms with Gasteiger partial charge < -0.3 is 29.2 Å². The van der Waals surface area contributed by atoms with E-state index in [2.05, 4.69) is 0 Å². The van der Waals surface area contributed by atoms with Gasteiger partial charge in [0.25, 0.3) is 0 Å². The minimum Gasteiger partial charge on any atom is -0.390 e. The minimum atomic E-state index is -1.43. The van der Waals surface area contributed by atoms with Crippen molar-refractivity contribution in [3.63, 3.8) is 0 Å². The van der Waals surface area contributed by atoms with E-state index < -0.39 is 41.4 Å². The molecule has 7 heteroatoms. The van der Waals surface area contributed by atoms with Crippen LogP contribution in [-0.2, 0) is 23.7 Å². The number of fused-ring (bicyclic) bond motifs is 2. The van der Waals surface area contributed by atoms with Crippen molar-refractivity contribution < 1.29 is 34.0 Å². The molecule has 8 unspecified atom stereocenters. The number of aliphatic hydroxyl groups excluding tert-OH is 2. The smallest absolute Gasteiger partial charge is 0.234 e. The van der Waals surface area contributed by atoms with Crippen molar-refractivity contribution in [2.45, 2.75) is 105 Å². The second-order valence-electron chi connectivity index (χ2n) is 9.70. The molecule has 3 aliphatic heterocycles. The molecule has 4 aliphatic carbocycles. The van der Waals surface area contributed by atoms with Gasteiger partial charge in [-0.2, -0.15) is 0 Å². The third-order valence-electron chi connectivity index (χ3n) is 8.68. The van der Waals surface area contributed by atoms with E-state index >= 15 is 0 Å². The number of ether oxygens (including phenoxy) is 4. The second kappa shape index (κ2) is 4.77. The number of epoxide rings is 2. The van der Waals surface area contributed by atoms with Crippen LogP contribution in [0.4, 0.5) is 0 Å². The Morgan fingerprint density at radius 3 is 2.26 bits per heavy atom. The van der Waals surface area contributed by atoms with E-state index in [9.17, 15) is 15.0 Å². The lowest BCUT2D eigenvalue weighted by molar-refractivity contribution is -0.390. The molecular formula is C20H26O7. The summed E-state index contributed by atoms with van der Waals surface area (Å²) in [7, 11) is 0. The Morgan fingerprint density at radius 1 is 0.889 bits per heavy atom. The molecule has 7 aliphatic rings. The predicted octanol–water partition coefficient (Wildman–Crippen LogP) is 0.440. The van der Waals surface area contributed by atoms with Crippen LogP contribution in [-0.4, -0.2) is 69.6 Å². The van der Waals surface area contributed by atoms with Gasteiger partial charge >= 0.3 is 0 Å². The maximum atomic E-state index is 13.0.